The van der Waals surface area contributed by atoms with Gasteiger partial charge >= 0.3 is 0 Å². The SMILES string of the molecule is NC(=O)c1cccnc1S(=O)(=O)c1cc2c(c([N+](=O)[O-])c1)N[C@H](C1CCOCC1)CO2.[B]. The summed E-state index contributed by atoms with van der Waals surface area (Å²) in [6, 6.07) is 4.58. The van der Waals surface area contributed by atoms with Crippen LogP contribution in [0, 0.1) is 16.0 Å². The Morgan fingerprint density at radius 1 is 1.28 bits per heavy atom. The van der Waals surface area contributed by atoms with Gasteiger partial charge in [0.15, 0.2) is 16.5 Å². The van der Waals surface area contributed by atoms with E-state index in [-0.39, 0.29) is 44.0 Å². The van der Waals surface area contributed by atoms with Crippen molar-refractivity contribution in [3.05, 3.63) is 46.1 Å². The molecule has 0 saturated carbocycles. The Hall–Kier alpha value is -3.19. The molecule has 0 aliphatic carbocycles. The number of carbonyl (C=O) groups excluding carboxylic acids is 1. The Morgan fingerprint density at radius 2 is 2.00 bits per heavy atom. The molecule has 1 saturated heterocycles. The summed E-state index contributed by atoms with van der Waals surface area (Å²) in [4.78, 5) is 26.1. The van der Waals surface area contributed by atoms with E-state index in [0.29, 0.717) is 13.2 Å². The number of pyridine rings is 1. The highest BCUT2D eigenvalue weighted by Gasteiger charge is 2.35. The monoisotopic (exact) mass is 459 g/mol. The van der Waals surface area contributed by atoms with Gasteiger partial charge in [0.1, 0.15) is 6.61 Å². The number of ether oxygens (including phenoxy) is 2. The lowest BCUT2D eigenvalue weighted by molar-refractivity contribution is -0.384. The molecule has 1 aromatic carbocycles. The van der Waals surface area contributed by atoms with Gasteiger partial charge < -0.3 is 20.5 Å². The summed E-state index contributed by atoms with van der Waals surface area (Å²) in [7, 11) is -4.38. The Labute approximate surface area is 185 Å². The number of fused-ring (bicyclic) bond motifs is 1. The van der Waals surface area contributed by atoms with E-state index in [2.05, 4.69) is 10.3 Å². The Balaban J connectivity index is 0.00000289. The molecule has 2 aliphatic heterocycles. The van der Waals surface area contributed by atoms with Crippen molar-refractivity contribution in [2.24, 2.45) is 11.7 Å². The van der Waals surface area contributed by atoms with Crippen molar-refractivity contribution in [1.29, 1.82) is 0 Å². The zero-order chi connectivity index (χ0) is 22.2. The van der Waals surface area contributed by atoms with Gasteiger partial charge in [0.05, 0.1) is 21.4 Å². The first kappa shape index (κ1) is 23.5. The van der Waals surface area contributed by atoms with E-state index in [4.69, 9.17) is 15.2 Å². The number of nitrogens with two attached hydrogens (primary N) is 1. The van der Waals surface area contributed by atoms with Crippen LogP contribution in [0.2, 0.25) is 0 Å². The highest BCUT2D eigenvalue weighted by molar-refractivity contribution is 7.91. The number of nitro groups is 1. The summed E-state index contributed by atoms with van der Waals surface area (Å²) in [5.41, 5.74) is 4.65. The minimum absolute atomic E-state index is 0. The summed E-state index contributed by atoms with van der Waals surface area (Å²) in [6.45, 7) is 1.46. The van der Waals surface area contributed by atoms with Crippen LogP contribution in [0.5, 0.6) is 5.75 Å². The van der Waals surface area contributed by atoms with Crippen LogP contribution in [0.3, 0.4) is 0 Å². The van der Waals surface area contributed by atoms with Crippen LogP contribution >= 0.6 is 0 Å². The van der Waals surface area contributed by atoms with Crippen molar-refractivity contribution >= 4 is 35.5 Å². The van der Waals surface area contributed by atoms with Gasteiger partial charge in [-0.15, -0.1) is 0 Å². The Bertz CT molecular complexity index is 1150. The summed E-state index contributed by atoms with van der Waals surface area (Å²) in [5, 5.41) is 14.3. The van der Waals surface area contributed by atoms with Crippen LogP contribution in [0.25, 0.3) is 0 Å². The highest BCUT2D eigenvalue weighted by atomic mass is 32.2. The minimum Gasteiger partial charge on any atom is -0.489 e. The van der Waals surface area contributed by atoms with Gasteiger partial charge in [-0.1, -0.05) is 0 Å². The van der Waals surface area contributed by atoms with Crippen molar-refractivity contribution in [3.63, 3.8) is 0 Å². The van der Waals surface area contributed by atoms with Crippen LogP contribution < -0.4 is 15.8 Å². The summed E-state index contributed by atoms with van der Waals surface area (Å²) < 4.78 is 37.4. The number of nitrogens with one attached hydrogen (secondary N) is 1. The van der Waals surface area contributed by atoms with Crippen molar-refractivity contribution in [2.75, 3.05) is 25.1 Å². The van der Waals surface area contributed by atoms with Gasteiger partial charge in [0, 0.05) is 40.0 Å². The number of nitro benzene ring substituents is 1. The molecule has 3 N–H and O–H groups in total. The van der Waals surface area contributed by atoms with Crippen LogP contribution in [0.4, 0.5) is 11.4 Å². The van der Waals surface area contributed by atoms with E-state index in [0.717, 1.165) is 18.9 Å². The lowest BCUT2D eigenvalue weighted by Gasteiger charge is -2.35. The third kappa shape index (κ3) is 4.25. The van der Waals surface area contributed by atoms with Crippen LogP contribution in [0.1, 0.15) is 23.2 Å². The molecule has 167 valence electrons. The van der Waals surface area contributed by atoms with Crippen molar-refractivity contribution in [1.82, 2.24) is 4.98 Å². The number of anilines is 1. The van der Waals surface area contributed by atoms with E-state index in [1.807, 2.05) is 0 Å². The number of amides is 1. The maximum atomic E-state index is 13.1. The molecular formula is C19H20BN4O7S. The number of carbonyl (C=O) groups is 1. The average Bonchev–Trinajstić information content (AvgIpc) is 2.78. The fourth-order valence-electron chi connectivity index (χ4n) is 3.82. The first-order valence-electron chi connectivity index (χ1n) is 9.58. The number of primary amides is 1. The quantitative estimate of drug-likeness (QED) is 0.379. The summed E-state index contributed by atoms with van der Waals surface area (Å²) in [6.07, 6.45) is 2.79. The second-order valence-corrected chi connectivity index (χ2v) is 9.17. The maximum Gasteiger partial charge on any atom is 0.297 e. The Kier molecular flexibility index (Phi) is 6.70. The molecule has 1 aromatic heterocycles. The predicted molar refractivity (Wildman–Crippen MR) is 114 cm³/mol. The third-order valence-electron chi connectivity index (χ3n) is 5.44. The molecule has 0 unspecified atom stereocenters. The van der Waals surface area contributed by atoms with Crippen LogP contribution in [-0.2, 0) is 14.6 Å². The Morgan fingerprint density at radius 3 is 2.66 bits per heavy atom. The number of benzene rings is 1. The van der Waals surface area contributed by atoms with E-state index < -0.39 is 36.3 Å². The molecular weight excluding hydrogens is 439 g/mol. The second-order valence-electron chi connectivity index (χ2n) is 7.31. The minimum atomic E-state index is -4.38. The lowest BCUT2D eigenvalue weighted by atomic mass is 9.91. The maximum absolute atomic E-state index is 13.1. The summed E-state index contributed by atoms with van der Waals surface area (Å²) in [5.74, 6) is -0.708. The van der Waals surface area contributed by atoms with Gasteiger partial charge in [-0.3, -0.25) is 14.9 Å². The van der Waals surface area contributed by atoms with Crippen LogP contribution in [-0.4, -0.2) is 58.5 Å². The number of sulfone groups is 1. The summed E-state index contributed by atoms with van der Waals surface area (Å²) >= 11 is 0. The van der Waals surface area contributed by atoms with Crippen molar-refractivity contribution in [2.45, 2.75) is 28.8 Å². The van der Waals surface area contributed by atoms with E-state index in [1.165, 1.54) is 24.4 Å². The standard InChI is InChI=1S/C19H20N4O7S.B/c20-18(24)13-2-1-5-21-19(13)31(27,28)12-8-15(23(25)26)17-16(9-12)30-10-14(22-17)11-3-6-29-7-4-11;/h1-2,5,8-9,11,14,22H,3-4,6-7,10H2,(H2,20,24);/t14-;/m0./s1. The average molecular weight is 459 g/mol. The molecule has 2 aliphatic rings. The second kappa shape index (κ2) is 9.13. The van der Waals surface area contributed by atoms with Crippen molar-refractivity contribution < 1.29 is 27.6 Å². The fraction of sp³-hybridized carbons (Fsp3) is 0.368. The van der Waals surface area contributed by atoms with Gasteiger partial charge in [-0.05, 0) is 30.9 Å². The lowest BCUT2D eigenvalue weighted by Crippen LogP contribution is -2.40. The van der Waals surface area contributed by atoms with Gasteiger partial charge in [-0.2, -0.15) is 0 Å². The molecule has 2 aromatic rings. The van der Waals surface area contributed by atoms with Gasteiger partial charge in [0.25, 0.3) is 11.6 Å². The van der Waals surface area contributed by atoms with Crippen molar-refractivity contribution in [3.8, 4) is 5.75 Å². The number of rotatable bonds is 5. The molecule has 4 rings (SSSR count). The number of hydrogen-bond donors (Lipinski definition) is 2. The molecule has 1 fully saturated rings. The predicted octanol–water partition coefficient (Wildman–Crippen LogP) is 1.14. The number of hydrogen-bond acceptors (Lipinski definition) is 9. The molecule has 13 heteroatoms. The first-order chi connectivity index (χ1) is 14.8. The topological polar surface area (TPSA) is 164 Å². The molecule has 32 heavy (non-hydrogen) atoms. The zero-order valence-corrected chi connectivity index (χ0v) is 17.7. The normalized spacial score (nSPS) is 18.4. The van der Waals surface area contributed by atoms with Crippen LogP contribution in [0.15, 0.2) is 40.4 Å². The largest absolute Gasteiger partial charge is 0.489 e. The molecule has 11 nitrogen and oxygen atoms in total. The fourth-order valence-corrected chi connectivity index (χ4v) is 5.23. The number of nitrogens with zero attached hydrogens (tertiary/aromatic N) is 2. The molecule has 3 radical (unpaired) electrons. The smallest absolute Gasteiger partial charge is 0.297 e. The number of aromatic nitrogens is 1. The van der Waals surface area contributed by atoms with E-state index >= 15 is 0 Å². The molecule has 3 heterocycles. The van der Waals surface area contributed by atoms with Gasteiger partial charge in [0.2, 0.25) is 9.84 Å². The van der Waals surface area contributed by atoms with E-state index in [9.17, 15) is 23.3 Å². The van der Waals surface area contributed by atoms with Gasteiger partial charge in [-0.25, -0.2) is 13.4 Å². The molecule has 1 atom stereocenters. The highest BCUT2D eigenvalue weighted by Crippen LogP contribution is 2.42. The van der Waals surface area contributed by atoms with E-state index in [1.54, 1.807) is 0 Å². The molecule has 0 spiro atoms. The third-order valence-corrected chi connectivity index (χ3v) is 7.13. The molecule has 0 bridgehead atoms. The molecule has 1 amide bonds. The zero-order valence-electron chi connectivity index (χ0n) is 16.9. The first-order valence-corrected chi connectivity index (χ1v) is 11.1.